The topological polar surface area (TPSA) is 182 Å². The van der Waals surface area contributed by atoms with Crippen molar-refractivity contribution >= 4 is 44.7 Å². The second-order valence-electron chi connectivity index (χ2n) is 16.8. The molecular formula is C42H55N5O9S. The van der Waals surface area contributed by atoms with E-state index in [0.29, 0.717) is 40.9 Å². The summed E-state index contributed by atoms with van der Waals surface area (Å²) in [5.74, 6) is -1.85. The zero-order valence-corrected chi connectivity index (χ0v) is 34.8. The molecule has 5 atom stereocenters. The van der Waals surface area contributed by atoms with Crippen LogP contribution in [0, 0.1) is 11.3 Å². The van der Waals surface area contributed by atoms with Gasteiger partial charge in [-0.3, -0.25) is 19.1 Å². The minimum absolute atomic E-state index is 0.00671. The van der Waals surface area contributed by atoms with Crippen LogP contribution in [0.1, 0.15) is 74.1 Å². The molecule has 1 aliphatic heterocycles. The molecule has 5 rings (SSSR count). The lowest BCUT2D eigenvalue weighted by Crippen LogP contribution is -2.60. The molecule has 1 saturated heterocycles. The Balaban J connectivity index is 1.51. The smallest absolute Gasteiger partial charge is 0.408 e. The van der Waals surface area contributed by atoms with Crippen molar-refractivity contribution in [2.75, 3.05) is 19.4 Å². The summed E-state index contributed by atoms with van der Waals surface area (Å²) in [5, 5.41) is 6.20. The predicted octanol–water partition coefficient (Wildman–Crippen LogP) is 5.51. The lowest BCUT2D eigenvalue weighted by Gasteiger charge is -2.36. The second kappa shape index (κ2) is 16.7. The number of carbonyl (C=O) groups is 4. The summed E-state index contributed by atoms with van der Waals surface area (Å²) >= 11 is 0. The number of benzene rings is 2. The minimum atomic E-state index is -3.97. The molecule has 15 heteroatoms. The number of carbonyl (C=O) groups excluding carboxylic acids is 4. The van der Waals surface area contributed by atoms with Crippen LogP contribution in [0.5, 0.6) is 11.5 Å². The largest absolute Gasteiger partial charge is 0.497 e. The normalized spacial score (nSPS) is 21.3. The molecule has 1 aromatic heterocycles. The monoisotopic (exact) mass is 805 g/mol. The van der Waals surface area contributed by atoms with E-state index in [-0.39, 0.29) is 25.1 Å². The van der Waals surface area contributed by atoms with Gasteiger partial charge >= 0.3 is 6.09 Å². The number of hydrogen-bond acceptors (Lipinski definition) is 10. The molecule has 0 bridgehead atoms. The van der Waals surface area contributed by atoms with E-state index >= 15 is 0 Å². The van der Waals surface area contributed by atoms with E-state index in [0.717, 1.165) is 5.56 Å². The summed E-state index contributed by atoms with van der Waals surface area (Å²) < 4.78 is 45.3. The van der Waals surface area contributed by atoms with Crippen molar-refractivity contribution in [3.8, 4) is 22.8 Å². The molecule has 308 valence electrons. The fraction of sp³-hybridized carbons (Fsp3) is 0.500. The van der Waals surface area contributed by atoms with Crippen LogP contribution >= 0.6 is 0 Å². The first-order chi connectivity index (χ1) is 26.7. The summed E-state index contributed by atoms with van der Waals surface area (Å²) in [4.78, 5) is 62.0. The molecule has 1 saturated carbocycles. The number of nitrogens with zero attached hydrogens (tertiary/aromatic N) is 2. The fourth-order valence-electron chi connectivity index (χ4n) is 6.91. The van der Waals surface area contributed by atoms with E-state index in [1.54, 1.807) is 60.8 Å². The Labute approximate surface area is 335 Å². The van der Waals surface area contributed by atoms with Gasteiger partial charge in [-0.1, -0.05) is 70.5 Å². The van der Waals surface area contributed by atoms with E-state index in [2.05, 4.69) is 21.9 Å². The van der Waals surface area contributed by atoms with Gasteiger partial charge in [0, 0.05) is 35.4 Å². The Bertz CT molecular complexity index is 2110. The van der Waals surface area contributed by atoms with Gasteiger partial charge in [0.15, 0.2) is 0 Å². The lowest BCUT2D eigenvalue weighted by molar-refractivity contribution is -0.143. The number of alkyl carbamates (subject to hydrolysis) is 1. The van der Waals surface area contributed by atoms with Crippen molar-refractivity contribution < 1.29 is 41.8 Å². The van der Waals surface area contributed by atoms with Crippen molar-refractivity contribution in [3.05, 3.63) is 67.3 Å². The average molecular weight is 806 g/mol. The third-order valence-corrected chi connectivity index (χ3v) is 11.4. The number of ether oxygens (including phenoxy) is 3. The van der Waals surface area contributed by atoms with E-state index in [1.165, 1.54) is 11.0 Å². The number of aromatic nitrogens is 1. The highest BCUT2D eigenvalue weighted by molar-refractivity contribution is 7.90. The zero-order valence-electron chi connectivity index (χ0n) is 34.0. The van der Waals surface area contributed by atoms with Crippen LogP contribution in [-0.2, 0) is 29.1 Å². The first-order valence-corrected chi connectivity index (χ1v) is 20.9. The molecule has 0 spiro atoms. The zero-order chi connectivity index (χ0) is 41.9. The Morgan fingerprint density at radius 1 is 1.05 bits per heavy atom. The first-order valence-electron chi connectivity index (χ1n) is 19.2. The molecule has 0 radical (unpaired) electrons. The Morgan fingerprint density at radius 2 is 1.75 bits per heavy atom. The van der Waals surface area contributed by atoms with Crippen molar-refractivity contribution in [2.45, 2.75) is 103 Å². The van der Waals surface area contributed by atoms with Gasteiger partial charge in [-0.15, -0.1) is 6.58 Å². The van der Waals surface area contributed by atoms with Crippen molar-refractivity contribution in [1.29, 1.82) is 0 Å². The number of hydrogen-bond donors (Lipinski definition) is 3. The Kier molecular flexibility index (Phi) is 12.6. The number of rotatable bonds is 14. The summed E-state index contributed by atoms with van der Waals surface area (Å²) in [5.41, 5.74) is -1.19. The maximum absolute atomic E-state index is 14.7. The fourth-order valence-corrected chi connectivity index (χ4v) is 8.14. The maximum atomic E-state index is 14.7. The number of likely N-dealkylation sites (tertiary alicyclic amines) is 1. The van der Waals surface area contributed by atoms with Crippen molar-refractivity contribution in [2.24, 2.45) is 11.3 Å². The molecule has 57 heavy (non-hydrogen) atoms. The van der Waals surface area contributed by atoms with Crippen LogP contribution in [-0.4, -0.2) is 90.9 Å². The van der Waals surface area contributed by atoms with Gasteiger partial charge in [0.25, 0.3) is 5.91 Å². The number of fused-ring (bicyclic) bond motifs is 1. The van der Waals surface area contributed by atoms with Gasteiger partial charge in [-0.05, 0) is 51.2 Å². The predicted molar refractivity (Wildman–Crippen MR) is 217 cm³/mol. The van der Waals surface area contributed by atoms with Crippen LogP contribution in [0.2, 0.25) is 0 Å². The SMILES string of the molecule is C=CC1C[C@]1(NC(=O)[C@@H]1C[C@@H](Oc2cc(-c3ccccc3)nc3cc(OC)ccc23)CN1C(=O)[C@@H](NC(=O)OC(C)(C)C)C(C)(C)C)C(=O)NS(=O)(=O)CCCC. The van der Waals surface area contributed by atoms with E-state index in [9.17, 15) is 27.6 Å². The summed E-state index contributed by atoms with van der Waals surface area (Å²) in [6, 6.07) is 14.5. The molecule has 1 unspecified atom stereocenters. The summed E-state index contributed by atoms with van der Waals surface area (Å²) in [6.07, 6.45) is 1.04. The van der Waals surface area contributed by atoms with Crippen LogP contribution in [0.4, 0.5) is 4.79 Å². The molecule has 4 amide bonds. The number of amides is 4. The Morgan fingerprint density at radius 3 is 2.35 bits per heavy atom. The highest BCUT2D eigenvalue weighted by Crippen LogP contribution is 2.45. The molecular weight excluding hydrogens is 751 g/mol. The third kappa shape index (κ3) is 10.2. The van der Waals surface area contributed by atoms with Crippen LogP contribution < -0.4 is 24.8 Å². The second-order valence-corrected chi connectivity index (χ2v) is 18.6. The molecule has 3 aromatic rings. The van der Waals surface area contributed by atoms with E-state index in [1.807, 2.05) is 49.4 Å². The van der Waals surface area contributed by atoms with Gasteiger partial charge in [0.2, 0.25) is 21.8 Å². The molecule has 2 heterocycles. The third-order valence-electron chi connectivity index (χ3n) is 10.0. The number of sulfonamides is 1. The molecule has 2 fully saturated rings. The van der Waals surface area contributed by atoms with Gasteiger partial charge in [0.1, 0.15) is 40.8 Å². The van der Waals surface area contributed by atoms with E-state index < -0.39 is 74.5 Å². The number of pyridine rings is 1. The summed E-state index contributed by atoms with van der Waals surface area (Å²) in [6.45, 7) is 16.0. The van der Waals surface area contributed by atoms with Crippen LogP contribution in [0.3, 0.4) is 0 Å². The van der Waals surface area contributed by atoms with Gasteiger partial charge in [-0.25, -0.2) is 18.2 Å². The standard InChI is InChI=1S/C42H55N5O9S/c1-10-12-20-57(52,53)46-38(50)42(24-27(42)11-2)45-36(48)33-22-29(25-47(33)37(49)35(40(3,4)5)44-39(51)56-41(6,7)8)55-34-23-31(26-16-14-13-15-17-26)43-32-21-28(54-9)18-19-30(32)34/h11,13-19,21,23,27,29,33,35H,2,10,12,20,22,24-25H2,1,3-9H3,(H,44,51)(H,45,48)(H,46,50)/t27?,29-,33+,35-,42-/m1/s1. The van der Waals surface area contributed by atoms with Crippen LogP contribution in [0.15, 0.2) is 67.3 Å². The molecule has 2 aliphatic rings. The minimum Gasteiger partial charge on any atom is -0.497 e. The van der Waals surface area contributed by atoms with Gasteiger partial charge in [-0.2, -0.15) is 0 Å². The van der Waals surface area contributed by atoms with E-state index in [4.69, 9.17) is 19.2 Å². The van der Waals surface area contributed by atoms with Gasteiger partial charge < -0.3 is 29.7 Å². The molecule has 3 N–H and O–H groups in total. The van der Waals surface area contributed by atoms with Crippen molar-refractivity contribution in [1.82, 2.24) is 25.2 Å². The maximum Gasteiger partial charge on any atom is 0.408 e. The van der Waals surface area contributed by atoms with Gasteiger partial charge in [0.05, 0.1) is 30.6 Å². The average Bonchev–Trinajstić information content (AvgIpc) is 3.70. The van der Waals surface area contributed by atoms with Crippen LogP contribution in [0.25, 0.3) is 22.2 Å². The summed E-state index contributed by atoms with van der Waals surface area (Å²) in [7, 11) is -2.41. The highest BCUT2D eigenvalue weighted by atomic mass is 32.2. The highest BCUT2D eigenvalue weighted by Gasteiger charge is 2.61. The number of nitrogens with one attached hydrogen (secondary N) is 3. The number of unbranched alkanes of at least 4 members (excludes halogenated alkanes) is 1. The molecule has 1 aliphatic carbocycles. The first kappa shape index (κ1) is 43.0. The quantitative estimate of drug-likeness (QED) is 0.176. The lowest BCUT2D eigenvalue weighted by atomic mass is 9.85. The number of methoxy groups -OCH3 is 1. The van der Waals surface area contributed by atoms with Crippen molar-refractivity contribution in [3.63, 3.8) is 0 Å². The molecule has 2 aromatic carbocycles. The molecule has 14 nitrogen and oxygen atoms in total. The Hall–Kier alpha value is -5.18.